The number of hydrogen-bond donors (Lipinski definition) is 0. The fourth-order valence-electron chi connectivity index (χ4n) is 2.00. The van der Waals surface area contributed by atoms with Crippen LogP contribution in [0, 0.1) is 6.92 Å². The van der Waals surface area contributed by atoms with E-state index in [4.69, 9.17) is 4.42 Å². The minimum Gasteiger partial charge on any atom is -0.440 e. The van der Waals surface area contributed by atoms with Gasteiger partial charge in [-0.2, -0.15) is 0 Å². The smallest absolute Gasteiger partial charge is 0.192 e. The molecule has 0 radical (unpaired) electrons. The third-order valence-electron chi connectivity index (χ3n) is 2.82. The molecule has 3 rings (SSSR count). The van der Waals surface area contributed by atoms with E-state index in [1.54, 1.807) is 0 Å². The quantitative estimate of drug-likeness (QED) is 0.624. The fourth-order valence-corrected chi connectivity index (χ4v) is 2.00. The molecule has 0 atom stereocenters. The number of nitrogens with zero attached hydrogens (tertiary/aromatic N) is 1. The number of aryl methyl sites for hydroxylation is 1. The molecule has 2 nitrogen and oxygen atoms in total. The molecule has 0 aliphatic carbocycles. The lowest BCUT2D eigenvalue weighted by Crippen LogP contribution is -1.81. The average Bonchev–Trinajstić information content (AvgIpc) is 2.93. The summed E-state index contributed by atoms with van der Waals surface area (Å²) < 4.78 is 5.74. The van der Waals surface area contributed by atoms with Crippen LogP contribution < -0.4 is 0 Å². The maximum Gasteiger partial charge on any atom is 0.192 e. The molecular formula is C18H19NO. The number of benzene rings is 2. The summed E-state index contributed by atoms with van der Waals surface area (Å²) in [6, 6.07) is 20.2. The van der Waals surface area contributed by atoms with Crippen molar-refractivity contribution in [2.24, 2.45) is 0 Å². The highest BCUT2D eigenvalue weighted by atomic mass is 16.4. The molecule has 0 bridgehead atoms. The van der Waals surface area contributed by atoms with Crippen LogP contribution in [-0.2, 0) is 0 Å². The Bertz CT molecular complexity index is 585. The van der Waals surface area contributed by atoms with Crippen LogP contribution in [0.2, 0.25) is 0 Å². The molecule has 20 heavy (non-hydrogen) atoms. The Kier molecular flexibility index (Phi) is 4.72. The second kappa shape index (κ2) is 6.71. The highest BCUT2D eigenvalue weighted by Gasteiger charge is 2.14. The van der Waals surface area contributed by atoms with Gasteiger partial charge in [-0.3, -0.25) is 0 Å². The summed E-state index contributed by atoms with van der Waals surface area (Å²) in [5, 5.41) is 0. The summed E-state index contributed by atoms with van der Waals surface area (Å²) in [4.78, 5) is 4.49. The lowest BCUT2D eigenvalue weighted by molar-refractivity contribution is 0.534. The van der Waals surface area contributed by atoms with Crippen molar-refractivity contribution in [2.45, 2.75) is 20.8 Å². The molecule has 0 saturated carbocycles. The zero-order chi connectivity index (χ0) is 14.4. The monoisotopic (exact) mass is 265 g/mol. The van der Waals surface area contributed by atoms with Crippen molar-refractivity contribution >= 4 is 0 Å². The van der Waals surface area contributed by atoms with Gasteiger partial charge in [0.25, 0.3) is 0 Å². The lowest BCUT2D eigenvalue weighted by atomic mass is 10.1. The first kappa shape index (κ1) is 14.1. The van der Waals surface area contributed by atoms with E-state index in [1.165, 1.54) is 0 Å². The number of hydrogen-bond acceptors (Lipinski definition) is 2. The van der Waals surface area contributed by atoms with Gasteiger partial charge in [-0.1, -0.05) is 74.5 Å². The molecule has 0 spiro atoms. The Hall–Kier alpha value is -2.35. The Morgan fingerprint density at radius 3 is 1.80 bits per heavy atom. The minimum atomic E-state index is 0.688. The van der Waals surface area contributed by atoms with E-state index in [2.05, 4.69) is 4.98 Å². The van der Waals surface area contributed by atoms with Gasteiger partial charge in [0, 0.05) is 18.1 Å². The predicted octanol–water partition coefficient (Wildman–Crippen LogP) is 5.34. The zero-order valence-corrected chi connectivity index (χ0v) is 12.1. The molecule has 2 heteroatoms. The van der Waals surface area contributed by atoms with Gasteiger partial charge in [0.2, 0.25) is 0 Å². The van der Waals surface area contributed by atoms with Crippen molar-refractivity contribution in [2.75, 3.05) is 0 Å². The lowest BCUT2D eigenvalue weighted by Gasteiger charge is -2.00. The Morgan fingerprint density at radius 2 is 1.25 bits per heavy atom. The standard InChI is InChI=1S/C16H13NO.C2H6/c1-12-17-15(13-8-4-2-5-9-13)16(18-12)14-10-6-3-7-11-14;1-2/h2-11H,1H3;1-2H3. The highest BCUT2D eigenvalue weighted by Crippen LogP contribution is 2.31. The summed E-state index contributed by atoms with van der Waals surface area (Å²) in [7, 11) is 0. The van der Waals surface area contributed by atoms with Crippen LogP contribution in [0.25, 0.3) is 22.6 Å². The molecule has 0 unspecified atom stereocenters. The topological polar surface area (TPSA) is 26.0 Å². The first-order chi connectivity index (χ1) is 9.84. The molecule has 0 aliphatic heterocycles. The minimum absolute atomic E-state index is 0.688. The molecule has 0 amide bonds. The van der Waals surface area contributed by atoms with E-state index in [1.807, 2.05) is 81.4 Å². The maximum atomic E-state index is 5.74. The summed E-state index contributed by atoms with van der Waals surface area (Å²) in [6.07, 6.45) is 0. The Labute approximate surface area is 120 Å². The number of aromatic nitrogens is 1. The van der Waals surface area contributed by atoms with Crippen molar-refractivity contribution in [1.82, 2.24) is 4.98 Å². The summed E-state index contributed by atoms with van der Waals surface area (Å²) in [6.45, 7) is 5.87. The van der Waals surface area contributed by atoms with Gasteiger partial charge in [0.1, 0.15) is 5.69 Å². The van der Waals surface area contributed by atoms with Crippen molar-refractivity contribution in [3.63, 3.8) is 0 Å². The second-order valence-electron chi connectivity index (χ2n) is 4.14. The number of rotatable bonds is 2. The van der Waals surface area contributed by atoms with Gasteiger partial charge in [0.15, 0.2) is 11.7 Å². The first-order valence-electron chi connectivity index (χ1n) is 6.93. The van der Waals surface area contributed by atoms with E-state index in [0.717, 1.165) is 22.6 Å². The van der Waals surface area contributed by atoms with Crippen molar-refractivity contribution < 1.29 is 4.42 Å². The van der Waals surface area contributed by atoms with Gasteiger partial charge >= 0.3 is 0 Å². The van der Waals surface area contributed by atoms with E-state index >= 15 is 0 Å². The molecule has 2 aromatic carbocycles. The van der Waals surface area contributed by atoms with Crippen LogP contribution in [-0.4, -0.2) is 4.98 Å². The largest absolute Gasteiger partial charge is 0.440 e. The molecule has 0 saturated heterocycles. The number of oxazole rings is 1. The van der Waals surface area contributed by atoms with E-state index < -0.39 is 0 Å². The maximum absolute atomic E-state index is 5.74. The van der Waals surface area contributed by atoms with Crippen LogP contribution in [0.4, 0.5) is 0 Å². The van der Waals surface area contributed by atoms with Gasteiger partial charge in [0.05, 0.1) is 0 Å². The average molecular weight is 265 g/mol. The molecule has 0 N–H and O–H groups in total. The summed E-state index contributed by atoms with van der Waals surface area (Å²) in [5.41, 5.74) is 3.03. The molecule has 1 heterocycles. The highest BCUT2D eigenvalue weighted by molar-refractivity contribution is 5.76. The van der Waals surface area contributed by atoms with E-state index in [0.29, 0.717) is 5.89 Å². The molecule has 0 aliphatic rings. The van der Waals surface area contributed by atoms with Crippen molar-refractivity contribution in [3.8, 4) is 22.6 Å². The van der Waals surface area contributed by atoms with Crippen LogP contribution in [0.5, 0.6) is 0 Å². The Balaban J connectivity index is 0.000000704. The van der Waals surface area contributed by atoms with E-state index in [9.17, 15) is 0 Å². The first-order valence-corrected chi connectivity index (χ1v) is 6.93. The predicted molar refractivity (Wildman–Crippen MR) is 83.5 cm³/mol. The van der Waals surface area contributed by atoms with Gasteiger partial charge < -0.3 is 4.42 Å². The molecule has 102 valence electrons. The van der Waals surface area contributed by atoms with E-state index in [-0.39, 0.29) is 0 Å². The fraction of sp³-hybridized carbons (Fsp3) is 0.167. The normalized spacial score (nSPS) is 9.75. The Morgan fingerprint density at radius 1 is 0.750 bits per heavy atom. The summed E-state index contributed by atoms with van der Waals surface area (Å²) >= 11 is 0. The van der Waals surface area contributed by atoms with Crippen LogP contribution >= 0.6 is 0 Å². The third-order valence-corrected chi connectivity index (χ3v) is 2.82. The van der Waals surface area contributed by atoms with Gasteiger partial charge in [-0.25, -0.2) is 4.98 Å². The summed E-state index contributed by atoms with van der Waals surface area (Å²) in [5.74, 6) is 1.52. The molecule has 0 fully saturated rings. The van der Waals surface area contributed by atoms with Gasteiger partial charge in [-0.05, 0) is 0 Å². The van der Waals surface area contributed by atoms with Crippen LogP contribution in [0.1, 0.15) is 19.7 Å². The van der Waals surface area contributed by atoms with Crippen LogP contribution in [0.3, 0.4) is 0 Å². The molecule has 3 aromatic rings. The van der Waals surface area contributed by atoms with Crippen LogP contribution in [0.15, 0.2) is 65.1 Å². The van der Waals surface area contributed by atoms with Crippen molar-refractivity contribution in [3.05, 3.63) is 66.6 Å². The SMILES string of the molecule is CC.Cc1nc(-c2ccccc2)c(-c2ccccc2)o1. The third kappa shape index (κ3) is 2.97. The van der Waals surface area contributed by atoms with Crippen molar-refractivity contribution in [1.29, 1.82) is 0 Å². The molecule has 1 aromatic heterocycles. The van der Waals surface area contributed by atoms with Gasteiger partial charge in [-0.15, -0.1) is 0 Å². The second-order valence-corrected chi connectivity index (χ2v) is 4.14. The molecular weight excluding hydrogens is 246 g/mol. The zero-order valence-electron chi connectivity index (χ0n) is 12.1.